The predicted molar refractivity (Wildman–Crippen MR) is 124 cm³/mol. The maximum absolute atomic E-state index is 12.8. The molecule has 4 rings (SSSR count). The van der Waals surface area contributed by atoms with E-state index in [1.165, 1.54) is 0 Å². The van der Waals surface area contributed by atoms with Crippen molar-refractivity contribution < 1.29 is 14.3 Å². The number of carbonyl (C=O) groups excluding carboxylic acids is 1. The van der Waals surface area contributed by atoms with E-state index in [2.05, 4.69) is 22.2 Å². The average molecular weight is 440 g/mol. The van der Waals surface area contributed by atoms with E-state index in [1.54, 1.807) is 18.4 Å². The van der Waals surface area contributed by atoms with Gasteiger partial charge in [0.25, 0.3) is 5.91 Å². The van der Waals surface area contributed by atoms with E-state index >= 15 is 0 Å². The second kappa shape index (κ2) is 9.66. The number of aromatic nitrogens is 2. The van der Waals surface area contributed by atoms with Crippen LogP contribution in [0.15, 0.2) is 35.7 Å². The molecule has 0 saturated carbocycles. The summed E-state index contributed by atoms with van der Waals surface area (Å²) in [5, 5.41) is 6.03. The van der Waals surface area contributed by atoms with Gasteiger partial charge in [0.05, 0.1) is 24.1 Å². The standard InChI is InChI=1S/C24H29N3O3S/c1-4-5-12-25-23(28)19-14-21(27(16(19)2)22-7-6-13-30-22)20-15-31-24(26-20)17-8-10-18(29-3)11-9-17/h8-11,14-15,22H,4-7,12-13H2,1-3H3,(H,25,28). The number of benzene rings is 1. The van der Waals surface area contributed by atoms with Crippen LogP contribution in [-0.2, 0) is 4.74 Å². The average Bonchev–Trinajstić information content (AvgIpc) is 3.53. The Morgan fingerprint density at radius 2 is 2.16 bits per heavy atom. The van der Waals surface area contributed by atoms with Crippen LogP contribution >= 0.6 is 11.3 Å². The quantitative estimate of drug-likeness (QED) is 0.475. The van der Waals surface area contributed by atoms with Gasteiger partial charge in [0.15, 0.2) is 0 Å². The molecule has 7 heteroatoms. The number of nitrogens with zero attached hydrogens (tertiary/aromatic N) is 2. The van der Waals surface area contributed by atoms with Crippen molar-refractivity contribution in [1.82, 2.24) is 14.9 Å². The summed E-state index contributed by atoms with van der Waals surface area (Å²) in [5.41, 5.74) is 4.46. The summed E-state index contributed by atoms with van der Waals surface area (Å²) < 4.78 is 13.4. The van der Waals surface area contributed by atoms with Crippen LogP contribution in [0.5, 0.6) is 5.75 Å². The minimum Gasteiger partial charge on any atom is -0.497 e. The molecule has 0 spiro atoms. The SMILES string of the molecule is CCCCNC(=O)c1cc(-c2csc(-c3ccc(OC)cc3)n2)n(C2CCCO2)c1C. The zero-order chi connectivity index (χ0) is 21.8. The lowest BCUT2D eigenvalue weighted by Crippen LogP contribution is -2.25. The molecule has 6 nitrogen and oxygen atoms in total. The van der Waals surface area contributed by atoms with Gasteiger partial charge in [-0.3, -0.25) is 4.79 Å². The van der Waals surface area contributed by atoms with E-state index in [4.69, 9.17) is 14.5 Å². The lowest BCUT2D eigenvalue weighted by atomic mass is 10.2. The summed E-state index contributed by atoms with van der Waals surface area (Å²) in [4.78, 5) is 17.7. The highest BCUT2D eigenvalue weighted by atomic mass is 32.1. The number of carbonyl (C=O) groups is 1. The maximum atomic E-state index is 12.8. The first-order valence-corrected chi connectivity index (χ1v) is 11.7. The molecule has 0 radical (unpaired) electrons. The van der Waals surface area contributed by atoms with Crippen LogP contribution in [0.2, 0.25) is 0 Å². The molecule has 3 heterocycles. The molecule has 1 saturated heterocycles. The van der Waals surface area contributed by atoms with E-state index in [-0.39, 0.29) is 12.1 Å². The second-order valence-corrected chi connectivity index (χ2v) is 8.60. The highest BCUT2D eigenvalue weighted by molar-refractivity contribution is 7.13. The fourth-order valence-corrected chi connectivity index (χ4v) is 4.74. The molecule has 31 heavy (non-hydrogen) atoms. The van der Waals surface area contributed by atoms with Crippen LogP contribution < -0.4 is 10.1 Å². The summed E-state index contributed by atoms with van der Waals surface area (Å²) in [5.74, 6) is 0.789. The van der Waals surface area contributed by atoms with Crippen LogP contribution in [0.4, 0.5) is 0 Å². The van der Waals surface area contributed by atoms with Crippen molar-refractivity contribution in [3.63, 3.8) is 0 Å². The largest absolute Gasteiger partial charge is 0.497 e. The molecule has 164 valence electrons. The zero-order valence-electron chi connectivity index (χ0n) is 18.3. The zero-order valence-corrected chi connectivity index (χ0v) is 19.1. The van der Waals surface area contributed by atoms with Crippen molar-refractivity contribution in [3.05, 3.63) is 47.0 Å². The molecule has 1 unspecified atom stereocenters. The highest BCUT2D eigenvalue weighted by Crippen LogP contribution is 2.36. The minimum absolute atomic E-state index is 0.0328. The third-order valence-corrected chi connectivity index (χ3v) is 6.54. The van der Waals surface area contributed by atoms with Crippen LogP contribution in [0, 0.1) is 6.92 Å². The van der Waals surface area contributed by atoms with Crippen molar-refractivity contribution in [2.75, 3.05) is 20.3 Å². The molecule has 1 aromatic carbocycles. The smallest absolute Gasteiger partial charge is 0.253 e. The van der Waals surface area contributed by atoms with Gasteiger partial charge in [-0.15, -0.1) is 11.3 Å². The molecular weight excluding hydrogens is 410 g/mol. The van der Waals surface area contributed by atoms with Crippen molar-refractivity contribution in [3.8, 4) is 27.7 Å². The second-order valence-electron chi connectivity index (χ2n) is 7.74. The van der Waals surface area contributed by atoms with Crippen LogP contribution in [0.25, 0.3) is 22.0 Å². The monoisotopic (exact) mass is 439 g/mol. The molecule has 0 bridgehead atoms. The van der Waals surface area contributed by atoms with Crippen LogP contribution in [0.3, 0.4) is 0 Å². The number of hydrogen-bond donors (Lipinski definition) is 1. The van der Waals surface area contributed by atoms with Gasteiger partial charge in [-0.05, 0) is 56.5 Å². The minimum atomic E-state index is -0.0571. The number of methoxy groups -OCH3 is 1. The van der Waals surface area contributed by atoms with Gasteiger partial charge in [-0.1, -0.05) is 13.3 Å². The van der Waals surface area contributed by atoms with Gasteiger partial charge >= 0.3 is 0 Å². The first kappa shape index (κ1) is 21.6. The Morgan fingerprint density at radius 3 is 2.84 bits per heavy atom. The van der Waals surface area contributed by atoms with Gasteiger partial charge in [0.1, 0.15) is 17.0 Å². The molecule has 3 aromatic rings. The molecule has 1 aliphatic heterocycles. The van der Waals surface area contributed by atoms with Gasteiger partial charge in [-0.2, -0.15) is 0 Å². The fraction of sp³-hybridized carbons (Fsp3) is 0.417. The summed E-state index contributed by atoms with van der Waals surface area (Å²) in [7, 11) is 1.66. The molecular formula is C24H29N3O3S. The Morgan fingerprint density at radius 1 is 1.35 bits per heavy atom. The van der Waals surface area contributed by atoms with Gasteiger partial charge in [-0.25, -0.2) is 4.98 Å². The molecule has 0 aliphatic carbocycles. The van der Waals surface area contributed by atoms with E-state index in [0.717, 1.165) is 65.7 Å². The first-order chi connectivity index (χ1) is 15.1. The Hall–Kier alpha value is -2.64. The van der Waals surface area contributed by atoms with Crippen molar-refractivity contribution in [2.24, 2.45) is 0 Å². The van der Waals surface area contributed by atoms with Crippen molar-refractivity contribution in [1.29, 1.82) is 0 Å². The summed E-state index contributed by atoms with van der Waals surface area (Å²) in [6.07, 6.45) is 3.93. The molecule has 1 atom stereocenters. The van der Waals surface area contributed by atoms with E-state index in [0.29, 0.717) is 12.1 Å². The number of ether oxygens (including phenoxy) is 2. The van der Waals surface area contributed by atoms with Crippen molar-refractivity contribution >= 4 is 17.2 Å². The number of hydrogen-bond acceptors (Lipinski definition) is 5. The molecule has 1 fully saturated rings. The third kappa shape index (κ3) is 4.52. The topological polar surface area (TPSA) is 65.4 Å². The molecule has 1 amide bonds. The van der Waals surface area contributed by atoms with Crippen LogP contribution in [-0.4, -0.2) is 35.7 Å². The molecule has 1 N–H and O–H groups in total. The number of amides is 1. The van der Waals surface area contributed by atoms with Gasteiger partial charge in [0, 0.05) is 29.8 Å². The lowest BCUT2D eigenvalue weighted by molar-refractivity contribution is 0.0565. The van der Waals surface area contributed by atoms with Gasteiger partial charge < -0.3 is 19.4 Å². The summed E-state index contributed by atoms with van der Waals surface area (Å²) >= 11 is 1.60. The van der Waals surface area contributed by atoms with Gasteiger partial charge in [0.2, 0.25) is 0 Å². The van der Waals surface area contributed by atoms with E-state index in [1.807, 2.05) is 37.3 Å². The number of unbranched alkanes of at least 4 members (excludes halogenated alkanes) is 1. The van der Waals surface area contributed by atoms with Crippen LogP contribution in [0.1, 0.15) is 54.9 Å². The Kier molecular flexibility index (Phi) is 6.73. The number of nitrogens with one attached hydrogen (secondary N) is 1. The Labute approximate surface area is 187 Å². The Bertz CT molecular complexity index is 1030. The predicted octanol–water partition coefficient (Wildman–Crippen LogP) is 5.43. The van der Waals surface area contributed by atoms with Crippen molar-refractivity contribution in [2.45, 2.75) is 45.8 Å². The summed E-state index contributed by atoms with van der Waals surface area (Å²) in [6, 6.07) is 9.87. The lowest BCUT2D eigenvalue weighted by Gasteiger charge is -2.17. The first-order valence-electron chi connectivity index (χ1n) is 10.8. The maximum Gasteiger partial charge on any atom is 0.253 e. The molecule has 2 aromatic heterocycles. The Balaban J connectivity index is 1.68. The highest BCUT2D eigenvalue weighted by Gasteiger charge is 2.27. The number of rotatable bonds is 8. The number of thiazole rings is 1. The molecule has 1 aliphatic rings. The summed E-state index contributed by atoms with van der Waals surface area (Å²) in [6.45, 7) is 5.55. The fourth-order valence-electron chi connectivity index (χ4n) is 3.92. The van der Waals surface area contributed by atoms with E-state index in [9.17, 15) is 4.79 Å². The normalized spacial score (nSPS) is 15.9. The van der Waals surface area contributed by atoms with E-state index < -0.39 is 0 Å². The third-order valence-electron chi connectivity index (χ3n) is 5.65.